The van der Waals surface area contributed by atoms with Crippen LogP contribution in [0, 0.1) is 0 Å². The van der Waals surface area contributed by atoms with Crippen LogP contribution in [-0.2, 0) is 0 Å². The number of rotatable bonds is 2. The number of benzene rings is 3. The summed E-state index contributed by atoms with van der Waals surface area (Å²) in [6.45, 7) is 0. The minimum absolute atomic E-state index is 0.702. The molecule has 0 aliphatic heterocycles. The highest BCUT2D eigenvalue weighted by molar-refractivity contribution is 6.30. The fraction of sp³-hybridized carbons (Fsp3) is 0.273. The van der Waals surface area contributed by atoms with Crippen LogP contribution in [0.5, 0.6) is 0 Å². The van der Waals surface area contributed by atoms with Gasteiger partial charge < -0.3 is 0 Å². The van der Waals surface area contributed by atoms with Gasteiger partial charge >= 0.3 is 0 Å². The highest BCUT2D eigenvalue weighted by Gasteiger charge is 2.19. The maximum absolute atomic E-state index is 6.23. The van der Waals surface area contributed by atoms with E-state index in [2.05, 4.69) is 48.5 Å². The van der Waals surface area contributed by atoms with Crippen molar-refractivity contribution in [3.05, 3.63) is 71.2 Å². The lowest BCUT2D eigenvalue weighted by atomic mass is 9.80. The van der Waals surface area contributed by atoms with Crippen LogP contribution in [0.15, 0.2) is 60.7 Å². The fourth-order valence-corrected chi connectivity index (χ4v) is 4.21. The standard InChI is InChI=1S/C22H21Cl/c23-19-12-4-11-18(15-19)21-14-6-10-17-9-5-13-20(22(17)21)16-7-2-1-3-8-16/h4-6,9-16H,1-3,7-8H2. The van der Waals surface area contributed by atoms with E-state index in [9.17, 15) is 0 Å². The Bertz CT molecular complexity index is 823. The van der Waals surface area contributed by atoms with Crippen molar-refractivity contribution in [1.29, 1.82) is 0 Å². The van der Waals surface area contributed by atoms with Crippen LogP contribution in [0.1, 0.15) is 43.6 Å². The molecule has 0 amide bonds. The van der Waals surface area contributed by atoms with Crippen LogP contribution in [-0.4, -0.2) is 0 Å². The summed E-state index contributed by atoms with van der Waals surface area (Å²) in [7, 11) is 0. The van der Waals surface area contributed by atoms with Gasteiger partial charge in [-0.25, -0.2) is 0 Å². The normalized spacial score (nSPS) is 15.9. The van der Waals surface area contributed by atoms with Crippen LogP contribution in [0.3, 0.4) is 0 Å². The number of hydrogen-bond donors (Lipinski definition) is 0. The van der Waals surface area contributed by atoms with Gasteiger partial charge in [-0.1, -0.05) is 79.4 Å². The second kappa shape index (κ2) is 6.37. The Morgan fingerprint density at radius 2 is 1.52 bits per heavy atom. The Hall–Kier alpha value is -1.79. The van der Waals surface area contributed by atoms with E-state index in [1.54, 1.807) is 0 Å². The smallest absolute Gasteiger partial charge is 0.0412 e. The third-order valence-corrected chi connectivity index (χ3v) is 5.35. The van der Waals surface area contributed by atoms with Gasteiger partial charge in [0.1, 0.15) is 0 Å². The van der Waals surface area contributed by atoms with Gasteiger partial charge in [-0.3, -0.25) is 0 Å². The van der Waals surface area contributed by atoms with Gasteiger partial charge in [-0.15, -0.1) is 0 Å². The first kappa shape index (κ1) is 14.8. The molecular weight excluding hydrogens is 300 g/mol. The zero-order chi connectivity index (χ0) is 15.6. The van der Waals surface area contributed by atoms with Gasteiger partial charge in [0.25, 0.3) is 0 Å². The highest BCUT2D eigenvalue weighted by Crippen LogP contribution is 2.40. The monoisotopic (exact) mass is 320 g/mol. The van der Waals surface area contributed by atoms with Crippen molar-refractivity contribution in [1.82, 2.24) is 0 Å². The van der Waals surface area contributed by atoms with Crippen molar-refractivity contribution < 1.29 is 0 Å². The Kier molecular flexibility index (Phi) is 4.10. The van der Waals surface area contributed by atoms with Gasteiger partial charge in [0.05, 0.1) is 0 Å². The average Bonchev–Trinajstić information content (AvgIpc) is 2.61. The maximum atomic E-state index is 6.23. The summed E-state index contributed by atoms with van der Waals surface area (Å²) >= 11 is 6.23. The summed E-state index contributed by atoms with van der Waals surface area (Å²) < 4.78 is 0. The molecule has 0 saturated heterocycles. The second-order valence-electron chi connectivity index (χ2n) is 6.60. The summed E-state index contributed by atoms with van der Waals surface area (Å²) in [6, 6.07) is 21.6. The summed E-state index contributed by atoms with van der Waals surface area (Å²) in [4.78, 5) is 0. The van der Waals surface area contributed by atoms with Crippen LogP contribution < -0.4 is 0 Å². The van der Waals surface area contributed by atoms with Crippen molar-refractivity contribution in [3.63, 3.8) is 0 Å². The molecule has 0 radical (unpaired) electrons. The fourth-order valence-electron chi connectivity index (χ4n) is 4.02. The third kappa shape index (κ3) is 2.88. The van der Waals surface area contributed by atoms with E-state index in [0.717, 1.165) is 5.02 Å². The maximum Gasteiger partial charge on any atom is 0.0412 e. The van der Waals surface area contributed by atoms with Crippen molar-refractivity contribution in [2.75, 3.05) is 0 Å². The number of hydrogen-bond acceptors (Lipinski definition) is 0. The molecule has 0 unspecified atom stereocenters. The van der Waals surface area contributed by atoms with Crippen LogP contribution in [0.25, 0.3) is 21.9 Å². The lowest BCUT2D eigenvalue weighted by molar-refractivity contribution is 0.445. The molecule has 1 aliphatic rings. The molecule has 4 rings (SSSR count). The average molecular weight is 321 g/mol. The minimum Gasteiger partial charge on any atom is -0.0843 e. The van der Waals surface area contributed by atoms with E-state index in [1.165, 1.54) is 59.6 Å². The van der Waals surface area contributed by atoms with E-state index in [0.29, 0.717) is 5.92 Å². The molecule has 0 nitrogen and oxygen atoms in total. The molecule has 0 spiro atoms. The molecule has 1 fully saturated rings. The molecule has 23 heavy (non-hydrogen) atoms. The predicted molar refractivity (Wildman–Crippen MR) is 100 cm³/mol. The molecular formula is C22H21Cl. The molecule has 0 atom stereocenters. The van der Waals surface area contributed by atoms with Gasteiger partial charge in [0, 0.05) is 5.02 Å². The molecule has 3 aromatic rings. The first-order chi connectivity index (χ1) is 11.3. The highest BCUT2D eigenvalue weighted by atomic mass is 35.5. The Morgan fingerprint density at radius 1 is 0.783 bits per heavy atom. The summed E-state index contributed by atoms with van der Waals surface area (Å²) in [5, 5.41) is 3.56. The first-order valence-electron chi connectivity index (χ1n) is 8.60. The molecule has 1 aliphatic carbocycles. The molecule has 0 aromatic heterocycles. The predicted octanol–water partition coefficient (Wildman–Crippen LogP) is 7.21. The van der Waals surface area contributed by atoms with Crippen molar-refractivity contribution in [2.24, 2.45) is 0 Å². The van der Waals surface area contributed by atoms with E-state index < -0.39 is 0 Å². The van der Waals surface area contributed by atoms with Crippen molar-refractivity contribution >= 4 is 22.4 Å². The SMILES string of the molecule is Clc1cccc(-c2cccc3cccc(C4CCCCC4)c23)c1. The molecule has 3 aromatic carbocycles. The van der Waals surface area contributed by atoms with Crippen LogP contribution in [0.4, 0.5) is 0 Å². The Morgan fingerprint density at radius 3 is 2.30 bits per heavy atom. The third-order valence-electron chi connectivity index (χ3n) is 5.12. The van der Waals surface area contributed by atoms with Crippen molar-refractivity contribution in [2.45, 2.75) is 38.0 Å². The van der Waals surface area contributed by atoms with Gasteiger partial charge in [0.2, 0.25) is 0 Å². The van der Waals surface area contributed by atoms with E-state index in [4.69, 9.17) is 11.6 Å². The quantitative estimate of drug-likeness (QED) is 0.468. The van der Waals surface area contributed by atoms with Crippen molar-refractivity contribution in [3.8, 4) is 11.1 Å². The summed E-state index contributed by atoms with van der Waals surface area (Å²) in [6.07, 6.45) is 6.76. The zero-order valence-electron chi connectivity index (χ0n) is 13.3. The van der Waals surface area contributed by atoms with Gasteiger partial charge in [-0.05, 0) is 58.4 Å². The summed E-state index contributed by atoms with van der Waals surface area (Å²) in [5.41, 5.74) is 4.05. The van der Waals surface area contributed by atoms with Crippen LogP contribution in [0.2, 0.25) is 5.02 Å². The number of halogens is 1. The lowest BCUT2D eigenvalue weighted by Crippen LogP contribution is -2.05. The van der Waals surface area contributed by atoms with E-state index in [-0.39, 0.29) is 0 Å². The van der Waals surface area contributed by atoms with Crippen LogP contribution >= 0.6 is 11.6 Å². The number of fused-ring (bicyclic) bond motifs is 1. The minimum atomic E-state index is 0.702. The largest absolute Gasteiger partial charge is 0.0843 e. The molecule has 0 N–H and O–H groups in total. The molecule has 0 heterocycles. The molecule has 1 heteroatoms. The Balaban J connectivity index is 1.94. The second-order valence-corrected chi connectivity index (χ2v) is 7.03. The zero-order valence-corrected chi connectivity index (χ0v) is 14.0. The Labute approximate surface area is 143 Å². The van der Waals surface area contributed by atoms with E-state index >= 15 is 0 Å². The molecule has 1 saturated carbocycles. The summed E-state index contributed by atoms with van der Waals surface area (Å²) in [5.74, 6) is 0.702. The van der Waals surface area contributed by atoms with Gasteiger partial charge in [-0.2, -0.15) is 0 Å². The van der Waals surface area contributed by atoms with E-state index in [1.807, 2.05) is 12.1 Å². The molecule has 116 valence electrons. The first-order valence-corrected chi connectivity index (χ1v) is 8.98. The topological polar surface area (TPSA) is 0 Å². The lowest BCUT2D eigenvalue weighted by Gasteiger charge is -2.24. The molecule has 0 bridgehead atoms. The van der Waals surface area contributed by atoms with Gasteiger partial charge in [0.15, 0.2) is 0 Å².